The van der Waals surface area contributed by atoms with E-state index < -0.39 is 0 Å². The molecule has 0 aromatic heterocycles. The molecule has 4 heteroatoms. The highest BCUT2D eigenvalue weighted by atomic mass is 16.6. The molecular weight excluding hydrogens is 254 g/mol. The topological polar surface area (TPSA) is 60.2 Å². The van der Waals surface area contributed by atoms with E-state index >= 15 is 0 Å². The predicted molar refractivity (Wildman–Crippen MR) is 82.5 cm³/mol. The molecule has 0 fully saturated rings. The molecule has 0 aliphatic heterocycles. The molecule has 116 valence electrons. The summed E-state index contributed by atoms with van der Waals surface area (Å²) in [5.74, 6) is 0. The van der Waals surface area contributed by atoms with E-state index in [0.29, 0.717) is 12.8 Å². The molecule has 0 rings (SSSR count). The van der Waals surface area contributed by atoms with Crippen molar-refractivity contribution in [3.63, 3.8) is 0 Å². The largest absolute Gasteiger partial charge is 0.303 e. The minimum Gasteiger partial charge on any atom is -0.303 e. The number of rotatable bonds is 15. The van der Waals surface area contributed by atoms with Crippen LogP contribution in [-0.4, -0.2) is 17.8 Å². The van der Waals surface area contributed by atoms with Crippen molar-refractivity contribution in [3.8, 4) is 0 Å². The molecule has 0 aromatic rings. The molecule has 0 amide bonds. The van der Waals surface area contributed by atoms with Gasteiger partial charge in [0, 0.05) is 17.8 Å². The third-order valence-corrected chi connectivity index (χ3v) is 3.32. The van der Waals surface area contributed by atoms with Crippen molar-refractivity contribution >= 4 is 6.29 Å². The summed E-state index contributed by atoms with van der Waals surface area (Å²) >= 11 is 0. The Morgan fingerprint density at radius 2 is 1.15 bits per heavy atom. The average molecular weight is 283 g/mol. The van der Waals surface area contributed by atoms with Gasteiger partial charge in [0.05, 0.1) is 0 Å². The third kappa shape index (κ3) is 16.8. The van der Waals surface area contributed by atoms with E-state index in [1.165, 1.54) is 25.7 Å². The fourth-order valence-corrected chi connectivity index (χ4v) is 2.11. The summed E-state index contributed by atoms with van der Waals surface area (Å²) in [5.41, 5.74) is 0. The molecular formula is C16H29NO3. The minimum absolute atomic E-state index is 0.114. The summed E-state index contributed by atoms with van der Waals surface area (Å²) in [5, 5.41) is 10.1. The number of hydrogen-bond acceptors (Lipinski definition) is 3. The Labute approximate surface area is 122 Å². The van der Waals surface area contributed by atoms with Crippen molar-refractivity contribution in [2.24, 2.45) is 0 Å². The summed E-state index contributed by atoms with van der Waals surface area (Å²) in [6.45, 7) is 0.114. The fraction of sp³-hybridized carbons (Fsp3) is 0.812. The van der Waals surface area contributed by atoms with Crippen LogP contribution >= 0.6 is 0 Å². The lowest BCUT2D eigenvalue weighted by Gasteiger charge is -1.98. The van der Waals surface area contributed by atoms with Gasteiger partial charge in [-0.3, -0.25) is 10.1 Å². The normalized spacial score (nSPS) is 11.0. The van der Waals surface area contributed by atoms with Crippen LogP contribution in [-0.2, 0) is 4.79 Å². The van der Waals surface area contributed by atoms with E-state index in [1.54, 1.807) is 0 Å². The van der Waals surface area contributed by atoms with E-state index in [2.05, 4.69) is 12.2 Å². The van der Waals surface area contributed by atoms with Gasteiger partial charge in [0.15, 0.2) is 0 Å². The summed E-state index contributed by atoms with van der Waals surface area (Å²) in [6, 6.07) is 0. The van der Waals surface area contributed by atoms with Crippen molar-refractivity contribution in [1.82, 2.24) is 0 Å². The van der Waals surface area contributed by atoms with Gasteiger partial charge in [-0.25, -0.2) is 0 Å². The summed E-state index contributed by atoms with van der Waals surface area (Å²) in [4.78, 5) is 20.0. The number of nitro groups is 1. The smallest absolute Gasteiger partial charge is 0.203 e. The first-order valence-corrected chi connectivity index (χ1v) is 7.98. The molecule has 4 nitrogen and oxygen atoms in total. The second kappa shape index (κ2) is 15.9. The van der Waals surface area contributed by atoms with Gasteiger partial charge in [-0.15, -0.1) is 0 Å². The number of aldehydes is 1. The number of hydrogen-bond donors (Lipinski definition) is 0. The highest BCUT2D eigenvalue weighted by Crippen LogP contribution is 2.08. The Balaban J connectivity index is 3.08. The zero-order valence-corrected chi connectivity index (χ0v) is 12.6. The van der Waals surface area contributed by atoms with Crippen LogP contribution in [0.5, 0.6) is 0 Å². The van der Waals surface area contributed by atoms with Crippen LogP contribution in [0.3, 0.4) is 0 Å². The number of carbonyl (C=O) groups excluding carboxylic acids is 1. The SMILES string of the molecule is O=CCCCCCCC/C=C\CCCCCC[N+](=O)[O-]. The summed E-state index contributed by atoms with van der Waals surface area (Å²) in [6.07, 6.45) is 18.3. The Hall–Kier alpha value is -1.19. The highest BCUT2D eigenvalue weighted by molar-refractivity contribution is 5.48. The molecule has 0 atom stereocenters. The molecule has 0 bridgehead atoms. The van der Waals surface area contributed by atoms with Gasteiger partial charge >= 0.3 is 0 Å². The molecule has 0 aliphatic carbocycles. The third-order valence-electron chi connectivity index (χ3n) is 3.32. The van der Waals surface area contributed by atoms with Gasteiger partial charge in [0.1, 0.15) is 6.29 Å². The average Bonchev–Trinajstić information content (AvgIpc) is 2.43. The minimum atomic E-state index is -0.237. The Morgan fingerprint density at radius 3 is 1.65 bits per heavy atom. The van der Waals surface area contributed by atoms with Crippen LogP contribution in [0.2, 0.25) is 0 Å². The van der Waals surface area contributed by atoms with Crippen LogP contribution in [0, 0.1) is 10.1 Å². The maximum absolute atomic E-state index is 10.1. The molecule has 0 aromatic carbocycles. The van der Waals surface area contributed by atoms with Crippen molar-refractivity contribution in [3.05, 3.63) is 22.3 Å². The Kier molecular flexibility index (Phi) is 14.9. The molecule has 20 heavy (non-hydrogen) atoms. The van der Waals surface area contributed by atoms with Crippen LogP contribution in [0.4, 0.5) is 0 Å². The molecule has 0 heterocycles. The standard InChI is InChI=1S/C16H29NO3/c18-16-14-12-10-8-6-4-2-1-3-5-7-9-11-13-15-17(19)20/h1,3,16H,2,4-15H2/b3-1-. The van der Waals surface area contributed by atoms with Gasteiger partial charge in [-0.1, -0.05) is 37.8 Å². The first-order valence-electron chi connectivity index (χ1n) is 7.98. The second-order valence-corrected chi connectivity index (χ2v) is 5.24. The first-order chi connectivity index (χ1) is 9.77. The summed E-state index contributed by atoms with van der Waals surface area (Å²) in [7, 11) is 0. The van der Waals surface area contributed by atoms with Gasteiger partial charge in [-0.05, 0) is 38.5 Å². The number of carbonyl (C=O) groups is 1. The maximum atomic E-state index is 10.1. The summed E-state index contributed by atoms with van der Waals surface area (Å²) < 4.78 is 0. The van der Waals surface area contributed by atoms with Crippen LogP contribution in [0.25, 0.3) is 0 Å². The monoisotopic (exact) mass is 283 g/mol. The second-order valence-electron chi connectivity index (χ2n) is 5.24. The van der Waals surface area contributed by atoms with Crippen molar-refractivity contribution in [2.45, 2.75) is 77.0 Å². The van der Waals surface area contributed by atoms with E-state index in [1.807, 2.05) is 0 Å². The Bertz CT molecular complexity index is 264. The first kappa shape index (κ1) is 18.8. The maximum Gasteiger partial charge on any atom is 0.203 e. The highest BCUT2D eigenvalue weighted by Gasteiger charge is 1.95. The van der Waals surface area contributed by atoms with Crippen LogP contribution in [0.1, 0.15) is 77.0 Å². The molecule has 0 spiro atoms. The number of unbranched alkanes of at least 4 members (excludes halogenated alkanes) is 10. The molecule has 0 radical (unpaired) electrons. The van der Waals surface area contributed by atoms with E-state index in [0.717, 1.165) is 44.8 Å². The lowest BCUT2D eigenvalue weighted by atomic mass is 10.1. The fourth-order valence-electron chi connectivity index (χ4n) is 2.11. The van der Waals surface area contributed by atoms with Gasteiger partial charge in [0.25, 0.3) is 0 Å². The lowest BCUT2D eigenvalue weighted by molar-refractivity contribution is -0.480. The number of nitrogens with zero attached hydrogens (tertiary/aromatic N) is 1. The number of allylic oxidation sites excluding steroid dienone is 2. The van der Waals surface area contributed by atoms with Gasteiger partial charge in [0.2, 0.25) is 6.54 Å². The van der Waals surface area contributed by atoms with E-state index in [9.17, 15) is 14.9 Å². The van der Waals surface area contributed by atoms with E-state index in [-0.39, 0.29) is 11.5 Å². The van der Waals surface area contributed by atoms with Crippen LogP contribution < -0.4 is 0 Å². The van der Waals surface area contributed by atoms with Crippen molar-refractivity contribution in [1.29, 1.82) is 0 Å². The van der Waals surface area contributed by atoms with Crippen molar-refractivity contribution < 1.29 is 9.72 Å². The molecule has 0 saturated carbocycles. The Morgan fingerprint density at radius 1 is 0.700 bits per heavy atom. The van der Waals surface area contributed by atoms with E-state index in [4.69, 9.17) is 0 Å². The predicted octanol–water partition coefficient (Wildman–Crippen LogP) is 4.70. The zero-order chi connectivity index (χ0) is 14.9. The molecule has 0 unspecified atom stereocenters. The molecule has 0 N–H and O–H groups in total. The zero-order valence-electron chi connectivity index (χ0n) is 12.6. The van der Waals surface area contributed by atoms with Gasteiger partial charge in [-0.2, -0.15) is 0 Å². The lowest BCUT2D eigenvalue weighted by Crippen LogP contribution is -1.99. The van der Waals surface area contributed by atoms with Gasteiger partial charge < -0.3 is 4.79 Å². The molecule has 0 aliphatic rings. The van der Waals surface area contributed by atoms with Crippen molar-refractivity contribution in [2.75, 3.05) is 6.54 Å². The molecule has 0 saturated heterocycles. The van der Waals surface area contributed by atoms with Crippen LogP contribution in [0.15, 0.2) is 12.2 Å². The quantitative estimate of drug-likeness (QED) is 0.144.